The van der Waals surface area contributed by atoms with Gasteiger partial charge in [-0.15, -0.1) is 0 Å². The first-order chi connectivity index (χ1) is 13.6. The number of benzene rings is 1. The summed E-state index contributed by atoms with van der Waals surface area (Å²) in [6, 6.07) is 5.80. The van der Waals surface area contributed by atoms with Gasteiger partial charge in [-0.3, -0.25) is 4.79 Å². The van der Waals surface area contributed by atoms with Crippen LogP contribution in [0.5, 0.6) is 5.75 Å². The minimum absolute atomic E-state index is 0. The van der Waals surface area contributed by atoms with Gasteiger partial charge < -0.3 is 33.8 Å². The van der Waals surface area contributed by atoms with Crippen molar-refractivity contribution in [2.75, 3.05) is 6.61 Å². The van der Waals surface area contributed by atoms with Crippen molar-refractivity contribution in [2.24, 2.45) is 7.05 Å². The molecule has 29 heavy (non-hydrogen) atoms. The molecule has 2 aromatic rings. The van der Waals surface area contributed by atoms with E-state index in [1.54, 1.807) is 0 Å². The maximum atomic E-state index is 12.2. The minimum atomic E-state index is -0.275. The predicted molar refractivity (Wildman–Crippen MR) is 108 cm³/mol. The molecule has 5 nitrogen and oxygen atoms in total. The van der Waals surface area contributed by atoms with Crippen LogP contribution in [-0.4, -0.2) is 22.2 Å². The lowest BCUT2D eigenvalue weighted by atomic mass is 9.89. The van der Waals surface area contributed by atoms with Gasteiger partial charge in [0.15, 0.2) is 0 Å². The number of aryl methyl sites for hydroxylation is 2. The topological polar surface area (TPSA) is 55.3 Å². The highest BCUT2D eigenvalue weighted by molar-refractivity contribution is 5.73. The molecular weight excluding hydrogens is 479 g/mol. The van der Waals surface area contributed by atoms with Gasteiger partial charge in [0.25, 0.3) is 5.82 Å². The van der Waals surface area contributed by atoms with Gasteiger partial charge in [0.1, 0.15) is 18.1 Å². The van der Waals surface area contributed by atoms with Gasteiger partial charge in [0.2, 0.25) is 0 Å². The monoisotopic (exact) mass is 512 g/mol. The molecule has 0 saturated heterocycles. The molecule has 1 heterocycles. The van der Waals surface area contributed by atoms with Crippen LogP contribution in [0.3, 0.4) is 0 Å². The quantitative estimate of drug-likeness (QED) is 0.198. The Hall–Kier alpha value is -1.57. The number of phenolic OH excluding ortho intramolecular Hbond substituents is 1. The molecule has 1 fully saturated rings. The predicted octanol–water partition coefficient (Wildman–Crippen LogP) is 0.944. The minimum Gasteiger partial charge on any atom is -1.00 e. The summed E-state index contributed by atoms with van der Waals surface area (Å²) in [5.41, 5.74) is 1.68. The van der Waals surface area contributed by atoms with E-state index < -0.39 is 0 Å². The number of ether oxygens (including phenoxy) is 1. The summed E-state index contributed by atoms with van der Waals surface area (Å²) in [5, 5.41) is 10.7. The van der Waals surface area contributed by atoms with Crippen molar-refractivity contribution in [3.8, 4) is 5.75 Å². The summed E-state index contributed by atoms with van der Waals surface area (Å²) in [6.45, 7) is 3.28. The molecule has 0 radical (unpaired) electrons. The molecule has 6 heteroatoms. The number of carbonyl (C=O) groups excluding carboxylic acids is 1. The van der Waals surface area contributed by atoms with Gasteiger partial charge in [-0.2, -0.15) is 0 Å². The number of hydrogen-bond donors (Lipinski definition) is 1. The zero-order valence-electron chi connectivity index (χ0n) is 17.6. The van der Waals surface area contributed by atoms with E-state index in [9.17, 15) is 9.90 Å². The lowest BCUT2D eigenvalue weighted by Crippen LogP contribution is -3.00. The standard InChI is InChI=1S/C23H32N2O3.HI/c1-18-24(2)14-15-25(18)13-8-16-28-22(26)17-20-11-7-12-21(23(20)27)19-9-5-3-4-6-10-19;/h7,11-12,14-15,19H,3-6,8-10,13,16-17H2,1-2H3;1H. The molecule has 0 unspecified atom stereocenters. The number of aromatic hydroxyl groups is 1. The molecule has 1 aromatic heterocycles. The first kappa shape index (κ1) is 23.7. The van der Waals surface area contributed by atoms with E-state index in [1.807, 2.05) is 37.6 Å². The van der Waals surface area contributed by atoms with Crippen molar-refractivity contribution < 1.29 is 43.2 Å². The maximum absolute atomic E-state index is 12.2. The molecule has 0 amide bonds. The second-order valence-corrected chi connectivity index (χ2v) is 7.94. The van der Waals surface area contributed by atoms with E-state index in [2.05, 4.69) is 16.1 Å². The molecule has 0 bridgehead atoms. The zero-order chi connectivity index (χ0) is 19.9. The highest BCUT2D eigenvalue weighted by Crippen LogP contribution is 2.37. The van der Waals surface area contributed by atoms with Crippen LogP contribution in [-0.2, 0) is 29.5 Å². The lowest BCUT2D eigenvalue weighted by Gasteiger charge is -2.18. The molecular formula is C23H33IN2O3. The summed E-state index contributed by atoms with van der Waals surface area (Å²) in [7, 11) is 2.02. The zero-order valence-corrected chi connectivity index (χ0v) is 19.7. The maximum Gasteiger partial charge on any atom is 0.310 e. The SMILES string of the molecule is Cc1n(CCCOC(=O)Cc2cccc(C3CCCCCC3)c2O)cc[n+]1C.[I-]. The average Bonchev–Trinajstić information content (AvgIpc) is 2.89. The number of phenols is 1. The average molecular weight is 512 g/mol. The number of para-hydroxylation sites is 1. The number of carbonyl (C=O) groups is 1. The third-order valence-corrected chi connectivity index (χ3v) is 5.98. The van der Waals surface area contributed by atoms with Crippen LogP contribution in [0.15, 0.2) is 30.6 Å². The fourth-order valence-electron chi connectivity index (χ4n) is 4.14. The van der Waals surface area contributed by atoms with Crippen molar-refractivity contribution >= 4 is 5.97 Å². The Balaban J connectivity index is 0.00000300. The molecule has 1 aromatic carbocycles. The van der Waals surface area contributed by atoms with Gasteiger partial charge in [-0.05, 0) is 24.3 Å². The van der Waals surface area contributed by atoms with Crippen LogP contribution in [0.25, 0.3) is 0 Å². The Morgan fingerprint density at radius 2 is 1.97 bits per heavy atom. The normalized spacial score (nSPS) is 14.8. The fraction of sp³-hybridized carbons (Fsp3) is 0.565. The van der Waals surface area contributed by atoms with Crippen LogP contribution >= 0.6 is 0 Å². The molecule has 1 aliphatic carbocycles. The number of rotatable bonds is 7. The second-order valence-electron chi connectivity index (χ2n) is 7.94. The molecule has 160 valence electrons. The number of imidazole rings is 1. The van der Waals surface area contributed by atoms with Gasteiger partial charge in [0.05, 0.1) is 26.6 Å². The molecule has 1 N–H and O–H groups in total. The second kappa shape index (κ2) is 11.6. The number of halogens is 1. The molecule has 1 aliphatic rings. The highest BCUT2D eigenvalue weighted by atomic mass is 127. The van der Waals surface area contributed by atoms with Crippen molar-refractivity contribution in [3.05, 3.63) is 47.5 Å². The van der Waals surface area contributed by atoms with Crippen molar-refractivity contribution in [3.63, 3.8) is 0 Å². The van der Waals surface area contributed by atoms with Crippen molar-refractivity contribution in [1.29, 1.82) is 0 Å². The Morgan fingerprint density at radius 3 is 2.62 bits per heavy atom. The molecule has 3 rings (SSSR count). The van der Waals surface area contributed by atoms with E-state index in [0.29, 0.717) is 23.8 Å². The van der Waals surface area contributed by atoms with Crippen molar-refractivity contribution in [1.82, 2.24) is 4.57 Å². The van der Waals surface area contributed by atoms with E-state index in [-0.39, 0.29) is 36.4 Å². The van der Waals surface area contributed by atoms with Gasteiger partial charge in [-0.1, -0.05) is 43.9 Å². The summed E-state index contributed by atoms with van der Waals surface area (Å²) in [6.07, 6.45) is 12.2. The van der Waals surface area contributed by atoms with E-state index >= 15 is 0 Å². The van der Waals surface area contributed by atoms with E-state index in [4.69, 9.17) is 4.74 Å². The Morgan fingerprint density at radius 1 is 1.24 bits per heavy atom. The Labute approximate surface area is 191 Å². The summed E-state index contributed by atoms with van der Waals surface area (Å²) >= 11 is 0. The summed E-state index contributed by atoms with van der Waals surface area (Å²) < 4.78 is 9.62. The van der Waals surface area contributed by atoms with Crippen LogP contribution in [0.2, 0.25) is 0 Å². The fourth-order valence-corrected chi connectivity index (χ4v) is 4.14. The first-order valence-electron chi connectivity index (χ1n) is 10.5. The van der Waals surface area contributed by atoms with Crippen LogP contribution in [0.1, 0.15) is 67.8 Å². The number of hydrogen-bond acceptors (Lipinski definition) is 3. The smallest absolute Gasteiger partial charge is 0.310 e. The Kier molecular flexibility index (Phi) is 9.46. The number of nitrogens with zero attached hydrogens (tertiary/aromatic N) is 2. The molecule has 0 atom stereocenters. The van der Waals surface area contributed by atoms with Gasteiger partial charge in [-0.25, -0.2) is 9.13 Å². The summed E-state index contributed by atoms with van der Waals surface area (Å²) in [5.74, 6) is 1.60. The van der Waals surface area contributed by atoms with Crippen LogP contribution < -0.4 is 28.5 Å². The largest absolute Gasteiger partial charge is 1.00 e. The molecule has 1 saturated carbocycles. The van der Waals surface area contributed by atoms with Crippen LogP contribution in [0, 0.1) is 6.92 Å². The number of esters is 1. The van der Waals surface area contributed by atoms with E-state index in [0.717, 1.165) is 31.4 Å². The molecule has 0 aliphatic heterocycles. The molecule has 0 spiro atoms. The summed E-state index contributed by atoms with van der Waals surface area (Å²) in [4.78, 5) is 12.2. The van der Waals surface area contributed by atoms with Gasteiger partial charge in [0, 0.05) is 18.9 Å². The lowest BCUT2D eigenvalue weighted by molar-refractivity contribution is -0.677. The van der Waals surface area contributed by atoms with Crippen LogP contribution in [0.4, 0.5) is 0 Å². The van der Waals surface area contributed by atoms with Crippen molar-refractivity contribution in [2.45, 2.75) is 70.8 Å². The van der Waals surface area contributed by atoms with Gasteiger partial charge >= 0.3 is 5.97 Å². The Bertz CT molecular complexity index is 795. The number of aromatic nitrogens is 2. The van der Waals surface area contributed by atoms with E-state index in [1.165, 1.54) is 31.5 Å². The highest BCUT2D eigenvalue weighted by Gasteiger charge is 2.20. The first-order valence-corrected chi connectivity index (χ1v) is 10.5. The third kappa shape index (κ3) is 6.46. The third-order valence-electron chi connectivity index (χ3n) is 5.98.